The number of imidazole rings is 1. The van der Waals surface area contributed by atoms with Crippen LogP contribution in [0.3, 0.4) is 0 Å². The molecule has 2 heterocycles. The normalized spacial score (nSPS) is 10.8. The number of carbonyl (C=O) groups is 1. The summed E-state index contributed by atoms with van der Waals surface area (Å²) in [4.78, 5) is 16.5. The van der Waals surface area contributed by atoms with Crippen LogP contribution in [0.1, 0.15) is 21.7 Å². The molecule has 0 aliphatic rings. The summed E-state index contributed by atoms with van der Waals surface area (Å²) in [6, 6.07) is 12.9. The predicted octanol–water partition coefficient (Wildman–Crippen LogP) is 3.76. The topological polar surface area (TPSA) is 43.6 Å². The molecule has 0 atom stereocenters. The Morgan fingerprint density at radius 2 is 2.00 bits per heavy atom. The first-order chi connectivity index (χ1) is 10.1. The second-order valence-corrected chi connectivity index (χ2v) is 5.57. The molecule has 0 N–H and O–H groups in total. The highest BCUT2D eigenvalue weighted by molar-refractivity contribution is 9.10. The largest absolute Gasteiger partial charge is 0.456 e. The molecule has 0 aliphatic carbocycles. The summed E-state index contributed by atoms with van der Waals surface area (Å²) in [5, 5.41) is 0. The zero-order valence-electron chi connectivity index (χ0n) is 11.4. The van der Waals surface area contributed by atoms with Crippen molar-refractivity contribution in [2.24, 2.45) is 0 Å². The van der Waals surface area contributed by atoms with Gasteiger partial charge in [0.1, 0.15) is 12.3 Å². The fraction of sp³-hybridized carbons (Fsp3) is 0.125. The lowest BCUT2D eigenvalue weighted by Crippen LogP contribution is -2.07. The molecule has 5 heteroatoms. The van der Waals surface area contributed by atoms with Crippen molar-refractivity contribution in [2.45, 2.75) is 13.5 Å². The zero-order valence-corrected chi connectivity index (χ0v) is 13.0. The molecule has 0 unspecified atom stereocenters. The number of aromatic nitrogens is 2. The van der Waals surface area contributed by atoms with Crippen LogP contribution in [-0.4, -0.2) is 15.4 Å². The van der Waals surface area contributed by atoms with Crippen LogP contribution in [0.5, 0.6) is 0 Å². The summed E-state index contributed by atoms with van der Waals surface area (Å²) in [7, 11) is 0. The lowest BCUT2D eigenvalue weighted by atomic mass is 10.2. The van der Waals surface area contributed by atoms with Gasteiger partial charge in [0.15, 0.2) is 0 Å². The SMILES string of the molecule is Cc1nc2ccccn2c1COC(=O)c1ccc(Br)cc1. The number of ether oxygens (including phenoxy) is 1. The van der Waals surface area contributed by atoms with Gasteiger partial charge in [0.05, 0.1) is 17.0 Å². The highest BCUT2D eigenvalue weighted by atomic mass is 79.9. The van der Waals surface area contributed by atoms with Crippen LogP contribution in [0.15, 0.2) is 53.1 Å². The van der Waals surface area contributed by atoms with Crippen LogP contribution >= 0.6 is 15.9 Å². The number of pyridine rings is 1. The van der Waals surface area contributed by atoms with Crippen molar-refractivity contribution in [3.05, 3.63) is 70.1 Å². The Bertz CT molecular complexity index is 794. The molecule has 0 amide bonds. The van der Waals surface area contributed by atoms with Crippen molar-refractivity contribution < 1.29 is 9.53 Å². The van der Waals surface area contributed by atoms with Crippen LogP contribution in [0, 0.1) is 6.92 Å². The van der Waals surface area contributed by atoms with Gasteiger partial charge < -0.3 is 9.14 Å². The Hall–Kier alpha value is -2.14. The predicted molar refractivity (Wildman–Crippen MR) is 83.2 cm³/mol. The van der Waals surface area contributed by atoms with Gasteiger partial charge in [0, 0.05) is 10.7 Å². The molecule has 1 aromatic carbocycles. The van der Waals surface area contributed by atoms with Crippen LogP contribution in [0.4, 0.5) is 0 Å². The van der Waals surface area contributed by atoms with E-state index in [1.165, 1.54) is 0 Å². The monoisotopic (exact) mass is 344 g/mol. The van der Waals surface area contributed by atoms with Crippen LogP contribution in [0.25, 0.3) is 5.65 Å². The van der Waals surface area contributed by atoms with E-state index in [1.807, 2.05) is 47.9 Å². The van der Waals surface area contributed by atoms with Crippen molar-refractivity contribution in [3.8, 4) is 0 Å². The molecule has 0 saturated carbocycles. The number of rotatable bonds is 3. The molecule has 0 bridgehead atoms. The van der Waals surface area contributed by atoms with Gasteiger partial charge in [-0.15, -0.1) is 0 Å². The molecule has 0 fully saturated rings. The number of hydrogen-bond acceptors (Lipinski definition) is 3. The molecule has 2 aromatic heterocycles. The fourth-order valence-corrected chi connectivity index (χ4v) is 2.41. The van der Waals surface area contributed by atoms with Crippen LogP contribution in [-0.2, 0) is 11.3 Å². The van der Waals surface area contributed by atoms with Gasteiger partial charge >= 0.3 is 5.97 Å². The number of halogens is 1. The Morgan fingerprint density at radius 3 is 2.76 bits per heavy atom. The lowest BCUT2D eigenvalue weighted by Gasteiger charge is -2.06. The first-order valence-electron chi connectivity index (χ1n) is 6.50. The highest BCUT2D eigenvalue weighted by Crippen LogP contribution is 2.15. The maximum Gasteiger partial charge on any atom is 0.338 e. The number of carbonyl (C=O) groups excluding carboxylic acids is 1. The van der Waals surface area contributed by atoms with Gasteiger partial charge in [-0.1, -0.05) is 22.0 Å². The van der Waals surface area contributed by atoms with Crippen LogP contribution in [0.2, 0.25) is 0 Å². The molecule has 0 saturated heterocycles. The number of aryl methyl sites for hydroxylation is 1. The van der Waals surface area contributed by atoms with Crippen molar-refractivity contribution in [2.75, 3.05) is 0 Å². The zero-order chi connectivity index (χ0) is 14.8. The summed E-state index contributed by atoms with van der Waals surface area (Å²) < 4.78 is 8.25. The second kappa shape index (κ2) is 5.69. The van der Waals surface area contributed by atoms with Gasteiger partial charge in [0.2, 0.25) is 0 Å². The number of benzene rings is 1. The molecule has 0 spiro atoms. The number of hydrogen-bond donors (Lipinski definition) is 0. The Labute approximate surface area is 130 Å². The average molecular weight is 345 g/mol. The third-order valence-electron chi connectivity index (χ3n) is 3.25. The van der Waals surface area contributed by atoms with E-state index in [9.17, 15) is 4.79 Å². The molecule has 106 valence electrons. The second-order valence-electron chi connectivity index (χ2n) is 4.66. The molecule has 0 radical (unpaired) electrons. The third kappa shape index (κ3) is 2.83. The first-order valence-corrected chi connectivity index (χ1v) is 7.30. The summed E-state index contributed by atoms with van der Waals surface area (Å²) in [6.45, 7) is 2.11. The standard InChI is InChI=1S/C16H13BrN2O2/c1-11-14(19-9-3-2-4-15(19)18-11)10-21-16(20)12-5-7-13(17)8-6-12/h2-9H,10H2,1H3. The van der Waals surface area contributed by atoms with Gasteiger partial charge in [-0.3, -0.25) is 0 Å². The van der Waals surface area contributed by atoms with Crippen molar-refractivity contribution >= 4 is 27.5 Å². The number of esters is 1. The van der Waals surface area contributed by atoms with E-state index in [1.54, 1.807) is 12.1 Å². The minimum atomic E-state index is -0.340. The quantitative estimate of drug-likeness (QED) is 0.679. The molecule has 3 rings (SSSR count). The maximum absolute atomic E-state index is 12.0. The maximum atomic E-state index is 12.0. The van der Waals surface area contributed by atoms with Gasteiger partial charge in [0.25, 0.3) is 0 Å². The molecular formula is C16H13BrN2O2. The van der Waals surface area contributed by atoms with E-state index in [2.05, 4.69) is 20.9 Å². The average Bonchev–Trinajstić information content (AvgIpc) is 2.81. The summed E-state index contributed by atoms with van der Waals surface area (Å²) in [5.74, 6) is -0.340. The summed E-state index contributed by atoms with van der Waals surface area (Å²) in [6.07, 6.45) is 1.91. The van der Waals surface area contributed by atoms with E-state index in [0.29, 0.717) is 5.56 Å². The third-order valence-corrected chi connectivity index (χ3v) is 3.78. The fourth-order valence-electron chi connectivity index (χ4n) is 2.14. The van der Waals surface area contributed by atoms with E-state index >= 15 is 0 Å². The van der Waals surface area contributed by atoms with Crippen molar-refractivity contribution in [1.29, 1.82) is 0 Å². The summed E-state index contributed by atoms with van der Waals surface area (Å²) >= 11 is 3.34. The Balaban J connectivity index is 1.79. The van der Waals surface area contributed by atoms with E-state index < -0.39 is 0 Å². The summed E-state index contributed by atoms with van der Waals surface area (Å²) in [5.41, 5.74) is 3.13. The minimum Gasteiger partial charge on any atom is -0.456 e. The van der Waals surface area contributed by atoms with Crippen molar-refractivity contribution in [1.82, 2.24) is 9.38 Å². The van der Waals surface area contributed by atoms with E-state index in [4.69, 9.17) is 4.74 Å². The van der Waals surface area contributed by atoms with Crippen molar-refractivity contribution in [3.63, 3.8) is 0 Å². The number of fused-ring (bicyclic) bond motifs is 1. The van der Waals surface area contributed by atoms with E-state index in [-0.39, 0.29) is 12.6 Å². The Morgan fingerprint density at radius 1 is 1.24 bits per heavy atom. The molecule has 0 aliphatic heterocycles. The van der Waals surface area contributed by atoms with Gasteiger partial charge in [-0.05, 0) is 43.3 Å². The molecular weight excluding hydrogens is 332 g/mol. The lowest BCUT2D eigenvalue weighted by molar-refractivity contribution is 0.0466. The minimum absolute atomic E-state index is 0.200. The smallest absolute Gasteiger partial charge is 0.338 e. The first kappa shape index (κ1) is 13.8. The van der Waals surface area contributed by atoms with Gasteiger partial charge in [-0.25, -0.2) is 9.78 Å². The molecule has 21 heavy (non-hydrogen) atoms. The van der Waals surface area contributed by atoms with Crippen LogP contribution < -0.4 is 0 Å². The number of nitrogens with zero attached hydrogens (tertiary/aromatic N) is 2. The molecule has 4 nitrogen and oxygen atoms in total. The van der Waals surface area contributed by atoms with Gasteiger partial charge in [-0.2, -0.15) is 0 Å². The highest BCUT2D eigenvalue weighted by Gasteiger charge is 2.12. The Kier molecular flexibility index (Phi) is 3.75. The molecule has 3 aromatic rings. The van der Waals surface area contributed by atoms with E-state index in [0.717, 1.165) is 21.5 Å².